The minimum Gasteiger partial charge on any atom is -0.387 e. The van der Waals surface area contributed by atoms with Crippen LogP contribution in [0.25, 0.3) is 55.8 Å². The molecule has 3 aliphatic rings. The second-order valence-electron chi connectivity index (χ2n) is 15.4. The van der Waals surface area contributed by atoms with Gasteiger partial charge in [0.05, 0.1) is 11.0 Å². The lowest BCUT2D eigenvalue weighted by Gasteiger charge is -2.32. The fraction of sp³-hybridized carbons (Fsp3) is 0.0755. The molecule has 11 rings (SSSR count). The van der Waals surface area contributed by atoms with Crippen LogP contribution in [0.15, 0.2) is 198 Å². The molecular formula is C53H41N7. The highest BCUT2D eigenvalue weighted by Gasteiger charge is 2.28. The number of hydrogen-bond donors (Lipinski definition) is 2. The van der Waals surface area contributed by atoms with E-state index in [4.69, 9.17) is 15.0 Å². The van der Waals surface area contributed by atoms with Crippen LogP contribution in [0, 0.1) is 0 Å². The Balaban J connectivity index is 0.949. The van der Waals surface area contributed by atoms with E-state index in [1.165, 1.54) is 27.6 Å². The van der Waals surface area contributed by atoms with Gasteiger partial charge in [-0.15, -0.1) is 0 Å². The first kappa shape index (κ1) is 35.4. The van der Waals surface area contributed by atoms with E-state index in [0.717, 1.165) is 68.1 Å². The number of fused-ring (bicyclic) bond motifs is 6. The number of rotatable bonds is 7. The maximum Gasteiger partial charge on any atom is 0.159 e. The zero-order valence-electron chi connectivity index (χ0n) is 33.1. The second-order valence-corrected chi connectivity index (χ2v) is 15.4. The molecule has 4 heterocycles. The number of aliphatic imine (C=N–C) groups is 2. The summed E-state index contributed by atoms with van der Waals surface area (Å²) in [5.74, 6) is 2.56. The Morgan fingerprint density at radius 3 is 1.92 bits per heavy atom. The largest absolute Gasteiger partial charge is 0.387 e. The molecule has 7 nitrogen and oxygen atoms in total. The molecule has 0 radical (unpaired) electrons. The van der Waals surface area contributed by atoms with Crippen molar-refractivity contribution in [2.75, 3.05) is 7.05 Å². The summed E-state index contributed by atoms with van der Waals surface area (Å²) >= 11 is 0. The summed E-state index contributed by atoms with van der Waals surface area (Å²) in [4.78, 5) is 18.0. The number of hydrogen-bond acceptors (Lipinski definition) is 6. The molecule has 0 fully saturated rings. The summed E-state index contributed by atoms with van der Waals surface area (Å²) < 4.78 is 2.35. The molecule has 1 aromatic heterocycles. The first-order valence-electron chi connectivity index (χ1n) is 20.4. The molecule has 8 aromatic rings. The number of dihydropyridines is 1. The summed E-state index contributed by atoms with van der Waals surface area (Å²) in [5.41, 5.74) is 13.5. The number of amidine groups is 2. The van der Waals surface area contributed by atoms with Gasteiger partial charge in [0.15, 0.2) is 5.84 Å². The van der Waals surface area contributed by atoms with Crippen molar-refractivity contribution in [1.82, 2.24) is 25.1 Å². The Bertz CT molecular complexity index is 3050. The standard InChI is InChI=1S/C53H41N7/c1-59-51(40-14-6-3-7-15-40)57-50(58-52(59)41-25-21-36(22-26-41)35-12-4-2-5-13-35)39-23-19-37(20-24-39)38-27-29-42(30-28-38)60-49-46-34-54-33-31-44(46)43-16-8-9-17-45(43)48(49)56-53(60)47-18-10-11-32-55-47/h2-33,47,52,54-55H,34H2,1H3. The monoisotopic (exact) mass is 775 g/mol. The van der Waals surface area contributed by atoms with Gasteiger partial charge in [-0.05, 0) is 75.5 Å². The predicted octanol–water partition coefficient (Wildman–Crippen LogP) is 11.1. The summed E-state index contributed by atoms with van der Waals surface area (Å²) in [5, 5.41) is 9.39. The third-order valence-electron chi connectivity index (χ3n) is 11.8. The average Bonchev–Trinajstić information content (AvgIpc) is 3.74. The first-order chi connectivity index (χ1) is 29.7. The molecule has 2 N–H and O–H groups in total. The van der Waals surface area contributed by atoms with E-state index in [9.17, 15) is 0 Å². The van der Waals surface area contributed by atoms with E-state index < -0.39 is 0 Å². The van der Waals surface area contributed by atoms with Gasteiger partial charge in [0, 0.05) is 41.4 Å². The Kier molecular flexibility index (Phi) is 8.77. The highest BCUT2D eigenvalue weighted by atomic mass is 15.3. The van der Waals surface area contributed by atoms with Crippen molar-refractivity contribution in [3.8, 4) is 27.9 Å². The molecule has 0 bridgehead atoms. The Labute approximate surface area is 349 Å². The topological polar surface area (TPSA) is 69.8 Å². The van der Waals surface area contributed by atoms with Gasteiger partial charge in [0.25, 0.3) is 0 Å². The zero-order valence-corrected chi connectivity index (χ0v) is 33.1. The molecule has 3 aliphatic heterocycles. The molecule has 0 saturated carbocycles. The molecule has 60 heavy (non-hydrogen) atoms. The predicted molar refractivity (Wildman–Crippen MR) is 246 cm³/mol. The van der Waals surface area contributed by atoms with E-state index >= 15 is 0 Å². The van der Waals surface area contributed by atoms with Gasteiger partial charge in [-0.1, -0.05) is 158 Å². The molecule has 2 unspecified atom stereocenters. The van der Waals surface area contributed by atoms with Crippen LogP contribution in [0.3, 0.4) is 0 Å². The smallest absolute Gasteiger partial charge is 0.159 e. The highest BCUT2D eigenvalue weighted by molar-refractivity contribution is 6.13. The number of allylic oxidation sites excluding steroid dienone is 2. The van der Waals surface area contributed by atoms with Crippen molar-refractivity contribution >= 4 is 39.6 Å². The van der Waals surface area contributed by atoms with E-state index in [0.29, 0.717) is 5.84 Å². The Morgan fingerprint density at radius 1 is 0.600 bits per heavy atom. The summed E-state index contributed by atoms with van der Waals surface area (Å²) in [6, 6.07) is 55.6. The van der Waals surface area contributed by atoms with Gasteiger partial charge in [-0.2, -0.15) is 0 Å². The molecule has 0 spiro atoms. The van der Waals surface area contributed by atoms with Crippen LogP contribution in [0.4, 0.5) is 0 Å². The Hall–Kier alpha value is -7.77. The molecular weight excluding hydrogens is 735 g/mol. The normalized spacial score (nSPS) is 16.9. The number of aromatic nitrogens is 2. The number of nitrogens with zero attached hydrogens (tertiary/aromatic N) is 5. The Morgan fingerprint density at radius 2 is 1.22 bits per heavy atom. The van der Waals surface area contributed by atoms with Gasteiger partial charge in [0.2, 0.25) is 0 Å². The molecule has 2 atom stereocenters. The number of nitrogens with one attached hydrogen (secondary N) is 2. The molecule has 7 heteroatoms. The quantitative estimate of drug-likeness (QED) is 0.169. The lowest BCUT2D eigenvalue weighted by atomic mass is 9.95. The first-order valence-corrected chi connectivity index (χ1v) is 20.4. The maximum absolute atomic E-state index is 5.39. The van der Waals surface area contributed by atoms with Gasteiger partial charge in [0.1, 0.15) is 23.9 Å². The van der Waals surface area contributed by atoms with Crippen LogP contribution in [0.2, 0.25) is 0 Å². The summed E-state index contributed by atoms with van der Waals surface area (Å²) in [7, 11) is 2.08. The van der Waals surface area contributed by atoms with E-state index in [-0.39, 0.29) is 12.2 Å². The molecule has 0 saturated heterocycles. The SMILES string of the molecule is CN1C(c2ccccc2)=NC(c2ccc(-c3ccc(-n4c(C5C=CC=CN5)nc5c6ccccc6c6c(c54)CNC=C6)cc3)cc2)=NC1c1ccc(-c2ccccc2)cc1. The fourth-order valence-corrected chi connectivity index (χ4v) is 8.78. The van der Waals surface area contributed by atoms with Crippen LogP contribution in [0.5, 0.6) is 0 Å². The average molecular weight is 776 g/mol. The van der Waals surface area contributed by atoms with Crippen LogP contribution in [-0.2, 0) is 6.54 Å². The third kappa shape index (κ3) is 6.19. The summed E-state index contributed by atoms with van der Waals surface area (Å²) in [6.45, 7) is 0.732. The summed E-state index contributed by atoms with van der Waals surface area (Å²) in [6.07, 6.45) is 12.3. The van der Waals surface area contributed by atoms with Crippen molar-refractivity contribution in [3.05, 3.63) is 222 Å². The van der Waals surface area contributed by atoms with Crippen molar-refractivity contribution in [1.29, 1.82) is 0 Å². The minimum atomic E-state index is -0.236. The highest BCUT2D eigenvalue weighted by Crippen LogP contribution is 2.39. The van der Waals surface area contributed by atoms with E-state index in [1.54, 1.807) is 0 Å². The minimum absolute atomic E-state index is 0.0723. The fourth-order valence-electron chi connectivity index (χ4n) is 8.78. The van der Waals surface area contributed by atoms with Crippen LogP contribution >= 0.6 is 0 Å². The second kappa shape index (κ2) is 14.9. The van der Waals surface area contributed by atoms with Gasteiger partial charge in [-0.25, -0.2) is 15.0 Å². The zero-order chi connectivity index (χ0) is 40.0. The molecule has 7 aromatic carbocycles. The van der Waals surface area contributed by atoms with E-state index in [1.807, 2.05) is 24.4 Å². The lowest BCUT2D eigenvalue weighted by Crippen LogP contribution is -2.35. The lowest BCUT2D eigenvalue weighted by molar-refractivity contribution is 0.383. The van der Waals surface area contributed by atoms with Crippen molar-refractivity contribution in [3.63, 3.8) is 0 Å². The van der Waals surface area contributed by atoms with Gasteiger partial charge < -0.3 is 15.5 Å². The maximum atomic E-state index is 5.39. The van der Waals surface area contributed by atoms with E-state index in [2.05, 4.69) is 197 Å². The van der Waals surface area contributed by atoms with Crippen LogP contribution in [-0.4, -0.2) is 33.2 Å². The van der Waals surface area contributed by atoms with Crippen molar-refractivity contribution in [2.45, 2.75) is 18.8 Å². The van der Waals surface area contributed by atoms with Crippen LogP contribution in [0.1, 0.15) is 45.8 Å². The van der Waals surface area contributed by atoms with Crippen molar-refractivity contribution < 1.29 is 0 Å². The molecule has 0 aliphatic carbocycles. The number of benzene rings is 7. The molecule has 288 valence electrons. The molecule has 0 amide bonds. The third-order valence-corrected chi connectivity index (χ3v) is 11.8. The van der Waals surface area contributed by atoms with Gasteiger partial charge in [-0.3, -0.25) is 4.57 Å². The number of imidazole rings is 1. The van der Waals surface area contributed by atoms with Gasteiger partial charge >= 0.3 is 0 Å². The van der Waals surface area contributed by atoms with Crippen molar-refractivity contribution in [2.24, 2.45) is 9.98 Å². The van der Waals surface area contributed by atoms with Crippen LogP contribution < -0.4 is 10.6 Å².